The van der Waals surface area contributed by atoms with E-state index in [1.54, 1.807) is 24.4 Å². The van der Waals surface area contributed by atoms with Gasteiger partial charge in [0.25, 0.3) is 5.91 Å². The van der Waals surface area contributed by atoms with Crippen LogP contribution in [0.4, 0.5) is 13.2 Å². The zero-order chi connectivity index (χ0) is 20.0. The second-order valence-corrected chi connectivity index (χ2v) is 5.47. The van der Waals surface area contributed by atoms with Crippen LogP contribution in [0, 0.1) is 0 Å². The quantitative estimate of drug-likeness (QED) is 0.530. The summed E-state index contributed by atoms with van der Waals surface area (Å²) in [4.78, 5) is 20.2. The van der Waals surface area contributed by atoms with Gasteiger partial charge in [-0.15, -0.1) is 0 Å². The summed E-state index contributed by atoms with van der Waals surface area (Å²) >= 11 is 0. The van der Waals surface area contributed by atoms with Crippen LogP contribution in [0.2, 0.25) is 0 Å². The van der Waals surface area contributed by atoms with Gasteiger partial charge in [-0.1, -0.05) is 12.1 Å². The van der Waals surface area contributed by atoms with Crippen LogP contribution in [-0.2, 0) is 6.18 Å². The number of alkyl halides is 3. The molecule has 0 atom stereocenters. The standard InChI is InChI=1S/C19H13F3N4O2/c20-19(21,22)14-5-1-4-13(10-14)11-25-26-17(27)16-7-3-9-24-18(16)28-15-6-2-8-23-12-15/h1-12H,(H,26,27). The average molecular weight is 386 g/mol. The summed E-state index contributed by atoms with van der Waals surface area (Å²) in [6.45, 7) is 0. The summed E-state index contributed by atoms with van der Waals surface area (Å²) < 4.78 is 43.7. The molecule has 0 aliphatic carbocycles. The van der Waals surface area contributed by atoms with Gasteiger partial charge in [0.2, 0.25) is 5.88 Å². The molecular formula is C19H13F3N4O2. The highest BCUT2D eigenvalue weighted by Crippen LogP contribution is 2.29. The van der Waals surface area contributed by atoms with E-state index in [2.05, 4.69) is 20.5 Å². The molecule has 0 fully saturated rings. The second-order valence-electron chi connectivity index (χ2n) is 5.47. The maximum absolute atomic E-state index is 12.7. The van der Waals surface area contributed by atoms with Gasteiger partial charge in [-0.3, -0.25) is 9.78 Å². The van der Waals surface area contributed by atoms with Crippen LogP contribution < -0.4 is 10.2 Å². The number of rotatable bonds is 5. The Bertz CT molecular complexity index is 992. The van der Waals surface area contributed by atoms with Gasteiger partial charge in [0.05, 0.1) is 18.0 Å². The van der Waals surface area contributed by atoms with E-state index in [1.807, 2.05) is 0 Å². The van der Waals surface area contributed by atoms with Crippen LogP contribution in [0.1, 0.15) is 21.5 Å². The number of hydrogen-bond acceptors (Lipinski definition) is 5. The Hall–Kier alpha value is -3.75. The fraction of sp³-hybridized carbons (Fsp3) is 0.0526. The van der Waals surface area contributed by atoms with E-state index in [0.717, 1.165) is 18.3 Å². The number of carbonyl (C=O) groups excluding carboxylic acids is 1. The molecule has 2 aromatic heterocycles. The number of hydrazone groups is 1. The first-order valence-corrected chi connectivity index (χ1v) is 7.97. The molecule has 3 aromatic rings. The van der Waals surface area contributed by atoms with Gasteiger partial charge in [0.1, 0.15) is 11.3 Å². The van der Waals surface area contributed by atoms with Gasteiger partial charge in [-0.05, 0) is 42.0 Å². The number of pyridine rings is 2. The Balaban J connectivity index is 1.71. The smallest absolute Gasteiger partial charge is 0.416 e. The number of halogens is 3. The van der Waals surface area contributed by atoms with Crippen molar-refractivity contribution in [3.05, 3.63) is 83.8 Å². The highest BCUT2D eigenvalue weighted by Gasteiger charge is 2.30. The molecule has 0 aliphatic heterocycles. The average Bonchev–Trinajstić information content (AvgIpc) is 2.69. The molecule has 3 rings (SSSR count). The van der Waals surface area contributed by atoms with Gasteiger partial charge in [-0.25, -0.2) is 10.4 Å². The highest BCUT2D eigenvalue weighted by molar-refractivity contribution is 5.97. The van der Waals surface area contributed by atoms with Gasteiger partial charge in [0, 0.05) is 12.4 Å². The molecule has 0 bridgehead atoms. The first kappa shape index (κ1) is 19.0. The lowest BCUT2D eigenvalue weighted by atomic mass is 10.1. The Kier molecular flexibility index (Phi) is 5.64. The van der Waals surface area contributed by atoms with Crippen LogP contribution in [0.15, 0.2) is 72.2 Å². The van der Waals surface area contributed by atoms with E-state index < -0.39 is 17.6 Å². The van der Waals surface area contributed by atoms with Crippen molar-refractivity contribution in [2.75, 3.05) is 0 Å². The van der Waals surface area contributed by atoms with Gasteiger partial charge < -0.3 is 4.74 Å². The summed E-state index contributed by atoms with van der Waals surface area (Å²) in [5, 5.41) is 3.70. The number of benzene rings is 1. The predicted molar refractivity (Wildman–Crippen MR) is 95.1 cm³/mol. The number of nitrogens with zero attached hydrogens (tertiary/aromatic N) is 3. The Morgan fingerprint density at radius 2 is 1.93 bits per heavy atom. The maximum Gasteiger partial charge on any atom is 0.416 e. The van der Waals surface area contributed by atoms with Crippen LogP contribution >= 0.6 is 0 Å². The number of hydrogen-bond donors (Lipinski definition) is 1. The van der Waals surface area contributed by atoms with Crippen molar-refractivity contribution < 1.29 is 22.7 Å². The number of amides is 1. The van der Waals surface area contributed by atoms with Gasteiger partial charge >= 0.3 is 6.18 Å². The van der Waals surface area contributed by atoms with Crippen molar-refractivity contribution in [2.24, 2.45) is 5.10 Å². The zero-order valence-corrected chi connectivity index (χ0v) is 14.2. The van der Waals surface area contributed by atoms with Crippen molar-refractivity contribution in [2.45, 2.75) is 6.18 Å². The van der Waals surface area contributed by atoms with Crippen molar-refractivity contribution >= 4 is 12.1 Å². The molecular weight excluding hydrogens is 373 g/mol. The minimum Gasteiger partial charge on any atom is -0.437 e. The van der Waals surface area contributed by atoms with E-state index >= 15 is 0 Å². The summed E-state index contributed by atoms with van der Waals surface area (Å²) in [7, 11) is 0. The molecule has 0 radical (unpaired) electrons. The molecule has 9 heteroatoms. The summed E-state index contributed by atoms with van der Waals surface area (Å²) in [6, 6.07) is 10.9. The molecule has 2 heterocycles. The topological polar surface area (TPSA) is 76.5 Å². The largest absolute Gasteiger partial charge is 0.437 e. The van der Waals surface area contributed by atoms with Crippen LogP contribution in [0.25, 0.3) is 0 Å². The highest BCUT2D eigenvalue weighted by atomic mass is 19.4. The minimum atomic E-state index is -4.46. The van der Waals surface area contributed by atoms with Crippen LogP contribution in [0.5, 0.6) is 11.6 Å². The fourth-order valence-corrected chi connectivity index (χ4v) is 2.19. The van der Waals surface area contributed by atoms with E-state index in [0.29, 0.717) is 5.75 Å². The fourth-order valence-electron chi connectivity index (χ4n) is 2.19. The third kappa shape index (κ3) is 4.91. The SMILES string of the molecule is O=C(NN=Cc1cccc(C(F)(F)F)c1)c1cccnc1Oc1cccnc1. The van der Waals surface area contributed by atoms with Crippen molar-refractivity contribution in [3.63, 3.8) is 0 Å². The Morgan fingerprint density at radius 3 is 2.68 bits per heavy atom. The monoisotopic (exact) mass is 386 g/mol. The normalized spacial score (nSPS) is 11.4. The molecule has 6 nitrogen and oxygen atoms in total. The van der Waals surface area contributed by atoms with Crippen molar-refractivity contribution in [1.29, 1.82) is 0 Å². The van der Waals surface area contributed by atoms with Gasteiger partial charge in [0.15, 0.2) is 0 Å². The molecule has 0 aliphatic rings. The summed E-state index contributed by atoms with van der Waals surface area (Å²) in [5.74, 6) is -0.194. The molecule has 0 unspecified atom stereocenters. The van der Waals surface area contributed by atoms with E-state index in [4.69, 9.17) is 4.74 Å². The lowest BCUT2D eigenvalue weighted by Gasteiger charge is -2.08. The first-order chi connectivity index (χ1) is 13.4. The number of carbonyl (C=O) groups is 1. The third-order valence-corrected chi connectivity index (χ3v) is 3.46. The summed E-state index contributed by atoms with van der Waals surface area (Å²) in [6.07, 6.45) is 1.14. The first-order valence-electron chi connectivity index (χ1n) is 7.97. The molecule has 0 saturated heterocycles. The van der Waals surface area contributed by atoms with Crippen molar-refractivity contribution in [1.82, 2.24) is 15.4 Å². The Labute approximate surface area is 157 Å². The molecule has 0 spiro atoms. The van der Waals surface area contributed by atoms with E-state index in [-0.39, 0.29) is 17.0 Å². The molecule has 28 heavy (non-hydrogen) atoms. The maximum atomic E-state index is 12.7. The molecule has 1 aromatic carbocycles. The van der Waals surface area contributed by atoms with Gasteiger partial charge in [-0.2, -0.15) is 18.3 Å². The second kappa shape index (κ2) is 8.30. The molecule has 1 amide bonds. The lowest BCUT2D eigenvalue weighted by molar-refractivity contribution is -0.137. The predicted octanol–water partition coefficient (Wildman–Crippen LogP) is 4.05. The number of aromatic nitrogens is 2. The number of ether oxygens (including phenoxy) is 1. The summed E-state index contributed by atoms with van der Waals surface area (Å²) in [5.41, 5.74) is 1.73. The van der Waals surface area contributed by atoms with Crippen LogP contribution in [0.3, 0.4) is 0 Å². The lowest BCUT2D eigenvalue weighted by Crippen LogP contribution is -2.18. The molecule has 0 saturated carbocycles. The zero-order valence-electron chi connectivity index (χ0n) is 14.2. The molecule has 1 N–H and O–H groups in total. The number of nitrogens with one attached hydrogen (secondary N) is 1. The minimum absolute atomic E-state index is 0.0438. The Morgan fingerprint density at radius 1 is 1.11 bits per heavy atom. The van der Waals surface area contributed by atoms with E-state index in [9.17, 15) is 18.0 Å². The van der Waals surface area contributed by atoms with Crippen LogP contribution in [-0.4, -0.2) is 22.1 Å². The molecule has 142 valence electrons. The van der Waals surface area contributed by atoms with E-state index in [1.165, 1.54) is 30.6 Å². The third-order valence-electron chi connectivity index (χ3n) is 3.46. The van der Waals surface area contributed by atoms with Crippen molar-refractivity contribution in [3.8, 4) is 11.6 Å².